The second-order valence-corrected chi connectivity index (χ2v) is 12.3. The third kappa shape index (κ3) is 6.37. The minimum atomic E-state index is -0.893. The molecule has 2 fully saturated rings. The summed E-state index contributed by atoms with van der Waals surface area (Å²) in [7, 11) is 0. The Hall–Kier alpha value is -2.10. The molecule has 204 valence electrons. The monoisotopic (exact) mass is 577 g/mol. The number of ether oxygens (including phenoxy) is 2. The Morgan fingerprint density at radius 3 is 2.58 bits per heavy atom. The first kappa shape index (κ1) is 27.5. The maximum absolute atomic E-state index is 11.2. The van der Waals surface area contributed by atoms with Gasteiger partial charge in [-0.25, -0.2) is 4.98 Å². The van der Waals surface area contributed by atoms with Gasteiger partial charge in [-0.2, -0.15) is 0 Å². The van der Waals surface area contributed by atoms with Crippen LogP contribution in [0.1, 0.15) is 38.7 Å². The van der Waals surface area contributed by atoms with Crippen molar-refractivity contribution in [3.05, 3.63) is 52.0 Å². The van der Waals surface area contributed by atoms with Crippen molar-refractivity contribution in [2.45, 2.75) is 57.3 Å². The molecule has 0 saturated carbocycles. The number of benzene rings is 2. The predicted octanol–water partition coefficient (Wildman–Crippen LogP) is 6.15. The summed E-state index contributed by atoms with van der Waals surface area (Å²) in [5, 5.41) is 11.4. The molecular weight excluding hydrogens is 545 g/mol. The van der Waals surface area contributed by atoms with Gasteiger partial charge in [-0.15, -0.1) is 0 Å². The number of fused-ring (bicyclic) bond motifs is 1. The Morgan fingerprint density at radius 1 is 1.13 bits per heavy atom. The smallest absolute Gasteiger partial charge is 0.307 e. The summed E-state index contributed by atoms with van der Waals surface area (Å²) in [5.74, 6) is -0.283. The number of aliphatic carboxylic acids is 1. The average molecular weight is 579 g/mol. The first-order valence-electron chi connectivity index (χ1n) is 13.0. The first-order chi connectivity index (χ1) is 18.2. The van der Waals surface area contributed by atoms with Gasteiger partial charge in [-0.1, -0.05) is 34.5 Å². The van der Waals surface area contributed by atoms with Gasteiger partial charge >= 0.3 is 5.97 Å². The normalized spacial score (nSPS) is 22.1. The fraction of sp³-hybridized carbons (Fsp3) is 0.500. The topological polar surface area (TPSA) is 75.1 Å². The van der Waals surface area contributed by atoms with Crippen LogP contribution in [0.15, 0.2) is 36.4 Å². The van der Waals surface area contributed by atoms with E-state index in [-0.39, 0.29) is 24.2 Å². The number of hydrogen-bond acceptors (Lipinski definition) is 7. The number of hydrogen-bond donors (Lipinski definition) is 1. The number of morpholine rings is 1. The highest BCUT2D eigenvalue weighted by molar-refractivity contribution is 7.22. The Labute approximate surface area is 237 Å². The van der Waals surface area contributed by atoms with Crippen LogP contribution in [-0.4, -0.2) is 71.5 Å². The van der Waals surface area contributed by atoms with E-state index >= 15 is 0 Å². The molecular formula is C28H33Cl2N3O4S. The molecule has 2 aliphatic rings. The Balaban J connectivity index is 1.30. The minimum Gasteiger partial charge on any atom is -0.493 e. The van der Waals surface area contributed by atoms with E-state index in [1.165, 1.54) is 0 Å². The number of rotatable bonds is 8. The van der Waals surface area contributed by atoms with Gasteiger partial charge < -0.3 is 19.5 Å². The highest BCUT2D eigenvalue weighted by atomic mass is 35.5. The molecule has 2 aromatic carbocycles. The molecule has 1 N–H and O–H groups in total. The highest BCUT2D eigenvalue weighted by Gasteiger charge is 2.43. The maximum Gasteiger partial charge on any atom is 0.307 e. The van der Waals surface area contributed by atoms with Crippen LogP contribution in [0.2, 0.25) is 10.0 Å². The molecule has 0 radical (unpaired) electrons. The number of carboxylic acid groups (broad SMARTS) is 1. The molecule has 7 nitrogen and oxygen atoms in total. The fourth-order valence-corrected chi connectivity index (χ4v) is 7.31. The SMILES string of the molecule is C[C@@H]1CN(C2(CCOc3cc(Cl)cc(CC(=O)O)c3)CCN(c3nc4ccc(Cl)cc4s3)CC2)C[C@H](C)O1. The second-order valence-electron chi connectivity index (χ2n) is 10.4. The molecule has 0 bridgehead atoms. The summed E-state index contributed by atoms with van der Waals surface area (Å²) >= 11 is 14.1. The lowest BCUT2D eigenvalue weighted by molar-refractivity contribution is -0.136. The zero-order valence-electron chi connectivity index (χ0n) is 21.7. The van der Waals surface area contributed by atoms with Gasteiger partial charge in [0.25, 0.3) is 0 Å². The lowest BCUT2D eigenvalue weighted by atomic mass is 9.82. The van der Waals surface area contributed by atoms with Crippen LogP contribution < -0.4 is 9.64 Å². The van der Waals surface area contributed by atoms with Crippen molar-refractivity contribution in [3.63, 3.8) is 0 Å². The summed E-state index contributed by atoms with van der Waals surface area (Å²) in [5.41, 5.74) is 1.60. The molecule has 2 atom stereocenters. The molecule has 38 heavy (non-hydrogen) atoms. The zero-order valence-corrected chi connectivity index (χ0v) is 24.0. The Bertz CT molecular complexity index is 1280. The van der Waals surface area contributed by atoms with E-state index < -0.39 is 5.97 Å². The molecule has 0 aliphatic carbocycles. The van der Waals surface area contributed by atoms with Crippen LogP contribution in [0.3, 0.4) is 0 Å². The van der Waals surface area contributed by atoms with E-state index in [4.69, 9.17) is 42.8 Å². The first-order valence-corrected chi connectivity index (χ1v) is 14.6. The van der Waals surface area contributed by atoms with Gasteiger partial charge in [-0.3, -0.25) is 9.69 Å². The van der Waals surface area contributed by atoms with Crippen LogP contribution in [0.25, 0.3) is 10.2 Å². The van der Waals surface area contributed by atoms with Crippen LogP contribution >= 0.6 is 34.5 Å². The van der Waals surface area contributed by atoms with Crippen molar-refractivity contribution in [3.8, 4) is 5.75 Å². The molecule has 0 unspecified atom stereocenters. The van der Waals surface area contributed by atoms with Gasteiger partial charge in [0.1, 0.15) is 5.75 Å². The Morgan fingerprint density at radius 2 is 1.87 bits per heavy atom. The molecule has 0 amide bonds. The van der Waals surface area contributed by atoms with Crippen molar-refractivity contribution in [2.75, 3.05) is 37.7 Å². The van der Waals surface area contributed by atoms with Gasteiger partial charge in [0.2, 0.25) is 0 Å². The van der Waals surface area contributed by atoms with Gasteiger partial charge in [-0.05, 0) is 75.1 Å². The van der Waals surface area contributed by atoms with E-state index in [0.29, 0.717) is 22.9 Å². The molecule has 0 spiro atoms. The standard InChI is InChI=1S/C28H33Cl2N3O4S/c1-18-16-33(17-19(2)37-18)28(7-10-36-23-12-20(13-26(34)35)11-22(30)14-23)5-8-32(9-6-28)27-31-24-4-3-21(29)15-25(24)38-27/h3-4,11-12,14-15,18-19H,5-10,13,16-17H2,1-2H3,(H,34,35)/t18-,19+. The van der Waals surface area contributed by atoms with Crippen LogP contribution in [0, 0.1) is 0 Å². The summed E-state index contributed by atoms with van der Waals surface area (Å²) < 4.78 is 13.3. The maximum atomic E-state index is 11.2. The number of anilines is 1. The van der Waals surface area contributed by atoms with Gasteiger partial charge in [0, 0.05) is 41.8 Å². The predicted molar refractivity (Wildman–Crippen MR) is 153 cm³/mol. The highest BCUT2D eigenvalue weighted by Crippen LogP contribution is 2.38. The van der Waals surface area contributed by atoms with E-state index in [1.807, 2.05) is 18.2 Å². The lowest BCUT2D eigenvalue weighted by Crippen LogP contribution is -2.61. The summed E-state index contributed by atoms with van der Waals surface area (Å²) in [6, 6.07) is 11.1. The molecule has 3 heterocycles. The molecule has 5 rings (SSSR count). The summed E-state index contributed by atoms with van der Waals surface area (Å²) in [4.78, 5) is 21.0. The average Bonchev–Trinajstić information content (AvgIpc) is 3.26. The molecule has 1 aromatic heterocycles. The van der Waals surface area contributed by atoms with Crippen LogP contribution in [0.5, 0.6) is 5.75 Å². The quantitative estimate of drug-likeness (QED) is 0.344. The van der Waals surface area contributed by atoms with Gasteiger partial charge in [0.15, 0.2) is 5.13 Å². The largest absolute Gasteiger partial charge is 0.493 e. The van der Waals surface area contributed by atoms with Crippen molar-refractivity contribution in [1.82, 2.24) is 9.88 Å². The van der Waals surface area contributed by atoms with Crippen LogP contribution in [-0.2, 0) is 16.0 Å². The Kier molecular flexibility index (Phi) is 8.36. The number of carbonyl (C=O) groups is 1. The van der Waals surface area contributed by atoms with E-state index in [1.54, 1.807) is 29.5 Å². The van der Waals surface area contributed by atoms with E-state index in [9.17, 15) is 4.79 Å². The number of piperidine rings is 1. The second kappa shape index (κ2) is 11.6. The molecule has 2 saturated heterocycles. The van der Waals surface area contributed by atoms with Crippen molar-refractivity contribution < 1.29 is 19.4 Å². The number of carboxylic acids is 1. The lowest BCUT2D eigenvalue weighted by Gasteiger charge is -2.52. The van der Waals surface area contributed by atoms with E-state index in [2.05, 4.69) is 23.6 Å². The fourth-order valence-electron chi connectivity index (χ4n) is 5.76. The third-order valence-electron chi connectivity index (χ3n) is 7.52. The summed E-state index contributed by atoms with van der Waals surface area (Å²) in [6.45, 7) is 8.41. The third-order valence-corrected chi connectivity index (χ3v) is 9.05. The van der Waals surface area contributed by atoms with Crippen molar-refractivity contribution in [1.29, 1.82) is 0 Å². The van der Waals surface area contributed by atoms with Crippen LogP contribution in [0.4, 0.5) is 5.13 Å². The van der Waals surface area contributed by atoms with E-state index in [0.717, 1.165) is 65.8 Å². The number of thiazole rings is 1. The zero-order chi connectivity index (χ0) is 26.9. The number of nitrogens with zero attached hydrogens (tertiary/aromatic N) is 3. The molecule has 10 heteroatoms. The number of halogens is 2. The van der Waals surface area contributed by atoms with Gasteiger partial charge in [0.05, 0.1) is 35.5 Å². The molecule has 2 aliphatic heterocycles. The minimum absolute atomic E-state index is 0.0226. The van der Waals surface area contributed by atoms with Crippen molar-refractivity contribution >= 4 is 55.9 Å². The number of aromatic nitrogens is 1. The summed E-state index contributed by atoms with van der Waals surface area (Å²) in [6.07, 6.45) is 3.11. The van der Waals surface area contributed by atoms with Crippen molar-refractivity contribution in [2.24, 2.45) is 0 Å². The molecule has 3 aromatic rings.